The summed E-state index contributed by atoms with van der Waals surface area (Å²) in [7, 11) is 0. The van der Waals surface area contributed by atoms with Gasteiger partial charge in [-0.15, -0.1) is 0 Å². The van der Waals surface area contributed by atoms with Gasteiger partial charge in [0.15, 0.2) is 0 Å². The Kier molecular flexibility index (Phi) is 6.41. The van der Waals surface area contributed by atoms with Gasteiger partial charge in [-0.1, -0.05) is 18.9 Å². The molecule has 1 saturated carbocycles. The average Bonchev–Trinajstić information content (AvgIpc) is 3.28. The van der Waals surface area contributed by atoms with E-state index in [1.165, 1.54) is 36.9 Å². The van der Waals surface area contributed by atoms with Crippen LogP contribution < -0.4 is 20.3 Å². The van der Waals surface area contributed by atoms with E-state index in [1.54, 1.807) is 0 Å². The third-order valence-corrected chi connectivity index (χ3v) is 7.33. The Labute approximate surface area is 206 Å². The molecule has 2 aliphatic heterocycles. The monoisotopic (exact) mass is 471 g/mol. The third-order valence-electron chi connectivity index (χ3n) is 7.33. The smallest absolute Gasteiger partial charge is 0.217 e. The number of benzene rings is 1. The zero-order chi connectivity index (χ0) is 23.5. The van der Waals surface area contributed by atoms with Crippen molar-refractivity contribution >= 4 is 22.9 Å². The van der Waals surface area contributed by atoms with Crippen LogP contribution in [0.4, 0.5) is 22.9 Å². The minimum absolute atomic E-state index is 0.531. The molecular weight excluding hydrogens is 438 g/mol. The molecule has 2 aromatic heterocycles. The summed E-state index contributed by atoms with van der Waals surface area (Å²) in [5.41, 5.74) is 5.93. The van der Waals surface area contributed by atoms with Crippen molar-refractivity contribution < 1.29 is 9.47 Å². The molecule has 0 radical (unpaired) electrons. The van der Waals surface area contributed by atoms with Gasteiger partial charge in [-0.3, -0.25) is 4.98 Å². The highest BCUT2D eigenvalue weighted by Crippen LogP contribution is 2.45. The van der Waals surface area contributed by atoms with Gasteiger partial charge in [0, 0.05) is 72.6 Å². The van der Waals surface area contributed by atoms with Crippen molar-refractivity contribution in [3.8, 4) is 5.88 Å². The van der Waals surface area contributed by atoms with E-state index in [1.807, 2.05) is 30.5 Å². The molecule has 3 aliphatic rings. The van der Waals surface area contributed by atoms with Crippen molar-refractivity contribution in [3.63, 3.8) is 0 Å². The highest BCUT2D eigenvalue weighted by molar-refractivity contribution is 5.69. The fourth-order valence-electron chi connectivity index (χ4n) is 5.54. The lowest BCUT2D eigenvalue weighted by Gasteiger charge is -2.29. The summed E-state index contributed by atoms with van der Waals surface area (Å²) in [6, 6.07) is 17.4. The molecule has 7 nitrogen and oxygen atoms in total. The minimum Gasteiger partial charge on any atom is -0.477 e. The fourth-order valence-corrected chi connectivity index (χ4v) is 5.54. The topological polar surface area (TPSA) is 71.5 Å². The van der Waals surface area contributed by atoms with Gasteiger partial charge in [-0.2, -0.15) is 4.98 Å². The van der Waals surface area contributed by atoms with Gasteiger partial charge in [-0.25, -0.2) is 0 Å². The van der Waals surface area contributed by atoms with Crippen molar-refractivity contribution in [1.29, 1.82) is 0 Å². The number of nitrogens with one attached hydrogen (secondary N) is 2. The molecule has 2 unspecified atom stereocenters. The first-order valence-corrected chi connectivity index (χ1v) is 12.9. The van der Waals surface area contributed by atoms with Gasteiger partial charge >= 0.3 is 0 Å². The van der Waals surface area contributed by atoms with E-state index in [0.29, 0.717) is 24.4 Å². The maximum Gasteiger partial charge on any atom is 0.217 e. The summed E-state index contributed by atoms with van der Waals surface area (Å²) in [4.78, 5) is 11.5. The number of aromatic nitrogens is 2. The predicted octanol–water partition coefficient (Wildman–Crippen LogP) is 5.13. The molecular formula is C28H33N5O2. The van der Waals surface area contributed by atoms with Crippen LogP contribution in [0, 0.1) is 0 Å². The molecule has 1 aromatic carbocycles. The van der Waals surface area contributed by atoms with Crippen LogP contribution in [0.5, 0.6) is 5.88 Å². The quantitative estimate of drug-likeness (QED) is 0.495. The Bertz CT molecular complexity index is 1150. The fraction of sp³-hybridized carbons (Fsp3) is 0.429. The normalized spacial score (nSPS) is 21.1. The van der Waals surface area contributed by atoms with Crippen LogP contribution in [0.2, 0.25) is 0 Å². The molecule has 3 aromatic rings. The molecule has 2 atom stereocenters. The Balaban J connectivity index is 1.22. The zero-order valence-corrected chi connectivity index (χ0v) is 20.1. The van der Waals surface area contributed by atoms with Crippen molar-refractivity contribution in [1.82, 2.24) is 9.97 Å². The standard InChI is InChI=1S/C28H33N5O2/c1-2-7-25-23(6-1)24-17-21(8-9-26(24)31-25)30-27-18-22(33-12-15-34-16-13-33)19-28(32-27)35-14-10-20-5-3-4-11-29-20/h3-5,8-9,11,17-19,23,25,31H,1-2,6-7,10,12-16H2,(H,30,32). The van der Waals surface area contributed by atoms with Crippen LogP contribution in [-0.4, -0.2) is 48.9 Å². The van der Waals surface area contributed by atoms with E-state index >= 15 is 0 Å². The highest BCUT2D eigenvalue weighted by Gasteiger charge is 2.33. The summed E-state index contributed by atoms with van der Waals surface area (Å²) in [6.45, 7) is 3.74. The molecule has 7 heteroatoms. The first kappa shape index (κ1) is 22.2. The summed E-state index contributed by atoms with van der Waals surface area (Å²) < 4.78 is 11.7. The zero-order valence-electron chi connectivity index (χ0n) is 20.1. The number of morpholine rings is 1. The van der Waals surface area contributed by atoms with Crippen LogP contribution >= 0.6 is 0 Å². The second-order valence-electron chi connectivity index (χ2n) is 9.64. The first-order chi connectivity index (χ1) is 17.3. The lowest BCUT2D eigenvalue weighted by Crippen LogP contribution is -2.36. The van der Waals surface area contributed by atoms with E-state index in [9.17, 15) is 0 Å². The van der Waals surface area contributed by atoms with E-state index < -0.39 is 0 Å². The van der Waals surface area contributed by atoms with E-state index in [2.05, 4.69) is 44.8 Å². The Morgan fingerprint density at radius 3 is 2.86 bits per heavy atom. The van der Waals surface area contributed by atoms with Gasteiger partial charge in [0.25, 0.3) is 0 Å². The Morgan fingerprint density at radius 1 is 1.06 bits per heavy atom. The van der Waals surface area contributed by atoms with Gasteiger partial charge < -0.3 is 25.0 Å². The van der Waals surface area contributed by atoms with E-state index in [0.717, 1.165) is 55.6 Å². The van der Waals surface area contributed by atoms with Crippen molar-refractivity contribution in [2.45, 2.75) is 44.1 Å². The number of rotatable bonds is 7. The van der Waals surface area contributed by atoms with Crippen LogP contribution in [-0.2, 0) is 11.2 Å². The Morgan fingerprint density at radius 2 is 1.97 bits per heavy atom. The maximum atomic E-state index is 6.11. The minimum atomic E-state index is 0.531. The number of fused-ring (bicyclic) bond motifs is 3. The average molecular weight is 472 g/mol. The van der Waals surface area contributed by atoms with E-state index in [-0.39, 0.29) is 0 Å². The van der Waals surface area contributed by atoms with Crippen LogP contribution in [0.1, 0.15) is 42.9 Å². The van der Waals surface area contributed by atoms with Gasteiger partial charge in [0.2, 0.25) is 5.88 Å². The molecule has 182 valence electrons. The molecule has 0 bridgehead atoms. The van der Waals surface area contributed by atoms with Crippen molar-refractivity contribution in [2.24, 2.45) is 0 Å². The molecule has 6 rings (SSSR count). The number of nitrogens with zero attached hydrogens (tertiary/aromatic N) is 3. The summed E-state index contributed by atoms with van der Waals surface area (Å²) in [5.74, 6) is 2.05. The summed E-state index contributed by atoms with van der Waals surface area (Å²) in [6.07, 6.45) is 7.75. The second-order valence-corrected chi connectivity index (χ2v) is 9.64. The van der Waals surface area contributed by atoms with E-state index in [4.69, 9.17) is 14.5 Å². The number of hydrogen-bond acceptors (Lipinski definition) is 7. The lowest BCUT2D eigenvalue weighted by atomic mass is 9.83. The van der Waals surface area contributed by atoms with Crippen LogP contribution in [0.15, 0.2) is 54.7 Å². The predicted molar refractivity (Wildman–Crippen MR) is 139 cm³/mol. The van der Waals surface area contributed by atoms with Crippen LogP contribution in [0.25, 0.3) is 0 Å². The summed E-state index contributed by atoms with van der Waals surface area (Å²) >= 11 is 0. The largest absolute Gasteiger partial charge is 0.477 e. The van der Waals surface area contributed by atoms with Gasteiger partial charge in [0.1, 0.15) is 5.82 Å². The second kappa shape index (κ2) is 10.1. The Hall–Kier alpha value is -3.32. The number of anilines is 4. The highest BCUT2D eigenvalue weighted by atomic mass is 16.5. The summed E-state index contributed by atoms with van der Waals surface area (Å²) in [5, 5.41) is 7.31. The van der Waals surface area contributed by atoms with Gasteiger partial charge in [-0.05, 0) is 48.7 Å². The molecule has 1 saturated heterocycles. The van der Waals surface area contributed by atoms with Gasteiger partial charge in [0.05, 0.1) is 19.8 Å². The third kappa shape index (κ3) is 5.05. The molecule has 1 aliphatic carbocycles. The number of pyridine rings is 2. The molecule has 2 fully saturated rings. The molecule has 35 heavy (non-hydrogen) atoms. The lowest BCUT2D eigenvalue weighted by molar-refractivity contribution is 0.122. The van der Waals surface area contributed by atoms with Crippen molar-refractivity contribution in [3.05, 3.63) is 66.0 Å². The molecule has 4 heterocycles. The maximum absolute atomic E-state index is 6.11. The number of hydrogen-bond donors (Lipinski definition) is 2. The SMILES string of the molecule is c1ccc(CCOc2cc(N3CCOCC3)cc(Nc3ccc4c(c3)C3CCCCC3N4)n2)nc1. The van der Waals surface area contributed by atoms with Crippen molar-refractivity contribution in [2.75, 3.05) is 48.4 Å². The molecule has 2 N–H and O–H groups in total. The first-order valence-electron chi connectivity index (χ1n) is 12.9. The molecule has 0 spiro atoms. The number of ether oxygens (including phenoxy) is 2. The van der Waals surface area contributed by atoms with Crippen LogP contribution in [0.3, 0.4) is 0 Å². The molecule has 0 amide bonds.